The van der Waals surface area contributed by atoms with Crippen LogP contribution < -0.4 is 5.32 Å². The number of hydrogen-bond donors (Lipinski definition) is 2. The number of aromatic nitrogens is 2. The molecule has 82 valence electrons. The van der Waals surface area contributed by atoms with E-state index in [1.807, 2.05) is 13.8 Å². The van der Waals surface area contributed by atoms with E-state index in [1.54, 1.807) is 12.1 Å². The number of aliphatic hydroxyl groups is 1. The normalized spacial score (nSPS) is 28.3. The van der Waals surface area contributed by atoms with Gasteiger partial charge >= 0.3 is 0 Å². The first-order valence-electron chi connectivity index (χ1n) is 4.94. The lowest BCUT2D eigenvalue weighted by Gasteiger charge is -2.49. The molecule has 1 heterocycles. The molecule has 2 rings (SSSR count). The lowest BCUT2D eigenvalue weighted by Crippen LogP contribution is -2.57. The second-order valence-corrected chi connectivity index (χ2v) is 4.90. The molecule has 0 radical (unpaired) electrons. The topological polar surface area (TPSA) is 58.0 Å². The van der Waals surface area contributed by atoms with E-state index in [0.717, 1.165) is 6.42 Å². The van der Waals surface area contributed by atoms with E-state index in [4.69, 9.17) is 11.6 Å². The Balaban J connectivity index is 2.02. The molecule has 0 amide bonds. The zero-order chi connectivity index (χ0) is 11.1. The molecule has 2 atom stereocenters. The highest BCUT2D eigenvalue weighted by Gasteiger charge is 2.47. The molecule has 1 aromatic rings. The second-order valence-electron chi connectivity index (χ2n) is 4.51. The zero-order valence-electron chi connectivity index (χ0n) is 8.74. The SMILES string of the molecule is CC1(C)C(O)CC1Nc1ccc(Cl)nn1. The quantitative estimate of drug-likeness (QED) is 0.808. The monoisotopic (exact) mass is 227 g/mol. The van der Waals surface area contributed by atoms with Crippen LogP contribution in [0.2, 0.25) is 5.15 Å². The zero-order valence-corrected chi connectivity index (χ0v) is 9.49. The van der Waals surface area contributed by atoms with Crippen LogP contribution in [0.25, 0.3) is 0 Å². The highest BCUT2D eigenvalue weighted by molar-refractivity contribution is 6.29. The Morgan fingerprint density at radius 2 is 2.20 bits per heavy atom. The third kappa shape index (κ3) is 1.92. The summed E-state index contributed by atoms with van der Waals surface area (Å²) in [6.07, 6.45) is 0.507. The maximum absolute atomic E-state index is 9.57. The molecule has 0 aliphatic heterocycles. The van der Waals surface area contributed by atoms with Crippen molar-refractivity contribution in [1.82, 2.24) is 10.2 Å². The van der Waals surface area contributed by atoms with Crippen LogP contribution in [0.5, 0.6) is 0 Å². The Morgan fingerprint density at radius 1 is 1.47 bits per heavy atom. The Bertz CT molecular complexity index is 352. The maximum atomic E-state index is 9.57. The van der Waals surface area contributed by atoms with Crippen LogP contribution in [0.1, 0.15) is 20.3 Å². The van der Waals surface area contributed by atoms with Crippen molar-refractivity contribution in [3.63, 3.8) is 0 Å². The van der Waals surface area contributed by atoms with Crippen molar-refractivity contribution in [2.24, 2.45) is 5.41 Å². The summed E-state index contributed by atoms with van der Waals surface area (Å²) in [5, 5.41) is 20.9. The van der Waals surface area contributed by atoms with Gasteiger partial charge in [0.05, 0.1) is 6.10 Å². The molecule has 0 saturated heterocycles. The number of halogens is 1. The Hall–Kier alpha value is -0.870. The smallest absolute Gasteiger partial charge is 0.151 e. The molecule has 2 N–H and O–H groups in total. The third-order valence-corrected chi connectivity index (χ3v) is 3.37. The highest BCUT2D eigenvalue weighted by Crippen LogP contribution is 2.41. The van der Waals surface area contributed by atoms with Crippen LogP contribution >= 0.6 is 11.6 Å². The van der Waals surface area contributed by atoms with Gasteiger partial charge in [0.15, 0.2) is 5.15 Å². The molecule has 0 aromatic carbocycles. The molecule has 1 fully saturated rings. The largest absolute Gasteiger partial charge is 0.392 e. The van der Waals surface area contributed by atoms with Gasteiger partial charge in [0.25, 0.3) is 0 Å². The summed E-state index contributed by atoms with van der Waals surface area (Å²) in [6, 6.07) is 3.72. The van der Waals surface area contributed by atoms with Gasteiger partial charge in [-0.05, 0) is 18.6 Å². The fraction of sp³-hybridized carbons (Fsp3) is 0.600. The summed E-state index contributed by atoms with van der Waals surface area (Å²) < 4.78 is 0. The lowest BCUT2D eigenvalue weighted by atomic mass is 9.64. The molecule has 15 heavy (non-hydrogen) atoms. The fourth-order valence-corrected chi connectivity index (χ4v) is 1.82. The van der Waals surface area contributed by atoms with Gasteiger partial charge < -0.3 is 10.4 Å². The minimum absolute atomic E-state index is 0.110. The molecule has 1 aliphatic rings. The molecule has 2 unspecified atom stereocenters. The first-order valence-corrected chi connectivity index (χ1v) is 5.32. The number of aliphatic hydroxyl groups excluding tert-OH is 1. The van der Waals surface area contributed by atoms with Crippen LogP contribution in [0.15, 0.2) is 12.1 Å². The van der Waals surface area contributed by atoms with Gasteiger partial charge in [-0.2, -0.15) is 0 Å². The molecule has 5 heteroatoms. The van der Waals surface area contributed by atoms with Gasteiger partial charge in [0.1, 0.15) is 5.82 Å². The summed E-state index contributed by atoms with van der Waals surface area (Å²) in [7, 11) is 0. The summed E-state index contributed by atoms with van der Waals surface area (Å²) >= 11 is 5.63. The molecular formula is C10H14ClN3O. The predicted octanol–water partition coefficient (Wildman–Crippen LogP) is 1.70. The Kier molecular flexibility index (Phi) is 2.56. The van der Waals surface area contributed by atoms with Crippen molar-refractivity contribution in [1.29, 1.82) is 0 Å². The standard InChI is InChI=1S/C10H14ClN3O/c1-10(2)6(5-7(10)15)12-9-4-3-8(11)13-14-9/h3-4,6-7,15H,5H2,1-2H3,(H,12,14). The first kappa shape index (κ1) is 10.6. The van der Waals surface area contributed by atoms with E-state index in [2.05, 4.69) is 15.5 Å². The van der Waals surface area contributed by atoms with Crippen LogP contribution in [0.3, 0.4) is 0 Å². The van der Waals surface area contributed by atoms with Gasteiger partial charge in [0, 0.05) is 11.5 Å². The van der Waals surface area contributed by atoms with Crippen LogP contribution in [-0.2, 0) is 0 Å². The van der Waals surface area contributed by atoms with Gasteiger partial charge in [-0.3, -0.25) is 0 Å². The highest BCUT2D eigenvalue weighted by atomic mass is 35.5. The molecule has 1 aliphatic carbocycles. The second kappa shape index (κ2) is 3.61. The molecular weight excluding hydrogens is 214 g/mol. The van der Waals surface area contributed by atoms with E-state index in [1.165, 1.54) is 0 Å². The molecule has 1 aromatic heterocycles. The number of rotatable bonds is 2. The Labute approximate surface area is 93.7 Å². The van der Waals surface area contributed by atoms with E-state index < -0.39 is 0 Å². The van der Waals surface area contributed by atoms with Crippen LogP contribution in [0, 0.1) is 5.41 Å². The first-order chi connectivity index (χ1) is 7.00. The van der Waals surface area contributed by atoms with Crippen molar-refractivity contribution < 1.29 is 5.11 Å². The predicted molar refractivity (Wildman–Crippen MR) is 58.9 cm³/mol. The average Bonchev–Trinajstić information content (AvgIpc) is 2.21. The van der Waals surface area contributed by atoms with Crippen molar-refractivity contribution in [3.8, 4) is 0 Å². The number of anilines is 1. The van der Waals surface area contributed by atoms with E-state index in [-0.39, 0.29) is 17.6 Å². The summed E-state index contributed by atoms with van der Waals surface area (Å²) in [5.74, 6) is 0.698. The summed E-state index contributed by atoms with van der Waals surface area (Å²) in [5.41, 5.74) is -0.110. The number of hydrogen-bond acceptors (Lipinski definition) is 4. The lowest BCUT2D eigenvalue weighted by molar-refractivity contribution is -0.0511. The van der Waals surface area contributed by atoms with E-state index >= 15 is 0 Å². The molecule has 4 nitrogen and oxygen atoms in total. The van der Waals surface area contributed by atoms with Crippen LogP contribution in [-0.4, -0.2) is 27.4 Å². The minimum atomic E-state index is -0.241. The average molecular weight is 228 g/mol. The third-order valence-electron chi connectivity index (χ3n) is 3.17. The van der Waals surface area contributed by atoms with Crippen molar-refractivity contribution in [2.75, 3.05) is 5.32 Å². The molecule has 1 saturated carbocycles. The molecule has 0 bridgehead atoms. The maximum Gasteiger partial charge on any atom is 0.151 e. The fourth-order valence-electron chi connectivity index (χ4n) is 1.72. The number of nitrogens with one attached hydrogen (secondary N) is 1. The summed E-state index contributed by atoms with van der Waals surface area (Å²) in [6.45, 7) is 4.06. The number of nitrogens with zero attached hydrogens (tertiary/aromatic N) is 2. The van der Waals surface area contributed by atoms with Crippen molar-refractivity contribution in [2.45, 2.75) is 32.4 Å². The van der Waals surface area contributed by atoms with Gasteiger partial charge in [-0.1, -0.05) is 25.4 Å². The van der Waals surface area contributed by atoms with Gasteiger partial charge in [-0.15, -0.1) is 10.2 Å². The van der Waals surface area contributed by atoms with E-state index in [9.17, 15) is 5.11 Å². The summed E-state index contributed by atoms with van der Waals surface area (Å²) in [4.78, 5) is 0. The van der Waals surface area contributed by atoms with Crippen molar-refractivity contribution in [3.05, 3.63) is 17.3 Å². The Morgan fingerprint density at radius 3 is 2.67 bits per heavy atom. The molecule has 0 spiro atoms. The van der Waals surface area contributed by atoms with E-state index in [0.29, 0.717) is 11.0 Å². The van der Waals surface area contributed by atoms with Gasteiger partial charge in [-0.25, -0.2) is 0 Å². The van der Waals surface area contributed by atoms with Crippen LogP contribution in [0.4, 0.5) is 5.82 Å². The van der Waals surface area contributed by atoms with Gasteiger partial charge in [0.2, 0.25) is 0 Å². The minimum Gasteiger partial charge on any atom is -0.392 e. The van der Waals surface area contributed by atoms with Crippen molar-refractivity contribution >= 4 is 17.4 Å².